The summed E-state index contributed by atoms with van der Waals surface area (Å²) in [5.74, 6) is -1.82. The number of nitrogens with zero attached hydrogens (tertiary/aromatic N) is 1. The third kappa shape index (κ3) is 3.91. The molecule has 1 heterocycles. The van der Waals surface area contributed by atoms with Crippen molar-refractivity contribution in [2.45, 2.75) is 31.8 Å². The third-order valence-electron chi connectivity index (χ3n) is 5.25. The van der Waals surface area contributed by atoms with Crippen molar-refractivity contribution in [3.8, 4) is 0 Å². The highest BCUT2D eigenvalue weighted by Crippen LogP contribution is 2.33. The fourth-order valence-electron chi connectivity index (χ4n) is 3.83. The second-order valence-electron chi connectivity index (χ2n) is 6.79. The van der Waals surface area contributed by atoms with Gasteiger partial charge in [0.2, 0.25) is 11.8 Å². The highest BCUT2D eigenvalue weighted by molar-refractivity contribution is 5.88. The van der Waals surface area contributed by atoms with E-state index in [1.54, 1.807) is 10.4 Å². The molecule has 2 aliphatic rings. The molecule has 25 heavy (non-hydrogen) atoms. The summed E-state index contributed by atoms with van der Waals surface area (Å²) in [7, 11) is 0. The van der Waals surface area contributed by atoms with Crippen LogP contribution < -0.4 is 5.48 Å². The molecule has 6 heteroatoms. The quantitative estimate of drug-likeness (QED) is 0.574. The maximum Gasteiger partial charge on any atom is 0.247 e. The van der Waals surface area contributed by atoms with Crippen LogP contribution in [0.2, 0.25) is 0 Å². The van der Waals surface area contributed by atoms with Crippen LogP contribution in [0.3, 0.4) is 0 Å². The van der Waals surface area contributed by atoms with E-state index in [4.69, 9.17) is 5.21 Å². The number of benzene rings is 1. The van der Waals surface area contributed by atoms with Crippen LogP contribution in [0.4, 0.5) is 0 Å². The van der Waals surface area contributed by atoms with Gasteiger partial charge in [-0.2, -0.15) is 0 Å². The van der Waals surface area contributed by atoms with E-state index in [1.165, 1.54) is 11.1 Å². The van der Waals surface area contributed by atoms with Gasteiger partial charge in [-0.25, -0.2) is 5.48 Å². The molecule has 2 amide bonds. The average Bonchev–Trinajstić information content (AvgIpc) is 2.67. The third-order valence-corrected chi connectivity index (χ3v) is 5.25. The lowest BCUT2D eigenvalue weighted by Gasteiger charge is -2.36. The lowest BCUT2D eigenvalue weighted by Crippen LogP contribution is -2.48. The molecule has 3 rings (SSSR count). The Bertz CT molecular complexity index is 659. The summed E-state index contributed by atoms with van der Waals surface area (Å²) in [5.41, 5.74) is 4.04. The predicted molar refractivity (Wildman–Crippen MR) is 92.4 cm³/mol. The Morgan fingerprint density at radius 3 is 2.52 bits per heavy atom. The van der Waals surface area contributed by atoms with Gasteiger partial charge in [0.25, 0.3) is 0 Å². The molecule has 6 nitrogen and oxygen atoms in total. The number of carbonyl (C=O) groups excluding carboxylic acids is 2. The molecule has 0 saturated heterocycles. The normalized spacial score (nSPS) is 26.7. The van der Waals surface area contributed by atoms with Crippen LogP contribution in [0.1, 0.15) is 31.2 Å². The summed E-state index contributed by atoms with van der Waals surface area (Å²) in [4.78, 5) is 26.5. The van der Waals surface area contributed by atoms with Crippen LogP contribution in [-0.2, 0) is 9.59 Å². The first-order chi connectivity index (χ1) is 12.1. The monoisotopic (exact) mass is 344 g/mol. The smallest absolute Gasteiger partial charge is 0.247 e. The first-order valence-electron chi connectivity index (χ1n) is 8.75. The number of hydrogen-bond acceptors (Lipinski definition) is 4. The van der Waals surface area contributed by atoms with Crippen LogP contribution >= 0.6 is 0 Å². The van der Waals surface area contributed by atoms with E-state index in [0.29, 0.717) is 25.9 Å². The summed E-state index contributed by atoms with van der Waals surface area (Å²) in [5, 5.41) is 18.7. The van der Waals surface area contributed by atoms with Crippen molar-refractivity contribution in [3.05, 3.63) is 42.0 Å². The maximum absolute atomic E-state index is 12.9. The number of hydroxylamine groups is 1. The van der Waals surface area contributed by atoms with E-state index in [1.807, 2.05) is 18.2 Å². The number of nitrogens with one attached hydrogen (secondary N) is 1. The van der Waals surface area contributed by atoms with E-state index >= 15 is 0 Å². The second-order valence-corrected chi connectivity index (χ2v) is 6.79. The topological polar surface area (TPSA) is 89.9 Å². The van der Waals surface area contributed by atoms with Gasteiger partial charge in [0.15, 0.2) is 0 Å². The van der Waals surface area contributed by atoms with Crippen molar-refractivity contribution in [2.75, 3.05) is 13.1 Å². The summed E-state index contributed by atoms with van der Waals surface area (Å²) >= 11 is 0. The van der Waals surface area contributed by atoms with Crippen molar-refractivity contribution in [1.29, 1.82) is 0 Å². The molecule has 3 N–H and O–H groups in total. The van der Waals surface area contributed by atoms with Crippen molar-refractivity contribution in [3.63, 3.8) is 0 Å². The molecule has 0 bridgehead atoms. The molecule has 0 spiro atoms. The molecule has 1 aliphatic carbocycles. The Balaban J connectivity index is 1.69. The largest absolute Gasteiger partial charge is 0.393 e. The van der Waals surface area contributed by atoms with Gasteiger partial charge in [-0.05, 0) is 36.8 Å². The molecule has 0 aromatic heterocycles. The van der Waals surface area contributed by atoms with Crippen LogP contribution in [0.5, 0.6) is 0 Å². The minimum absolute atomic E-state index is 0.0659. The summed E-state index contributed by atoms with van der Waals surface area (Å²) < 4.78 is 0. The Hall–Kier alpha value is -2.18. The van der Waals surface area contributed by atoms with Gasteiger partial charge in [-0.1, -0.05) is 36.4 Å². The van der Waals surface area contributed by atoms with E-state index in [0.717, 1.165) is 6.42 Å². The predicted octanol–water partition coefficient (Wildman–Crippen LogP) is 1.58. The second kappa shape index (κ2) is 7.80. The summed E-state index contributed by atoms with van der Waals surface area (Å²) in [6, 6.07) is 10.1. The average molecular weight is 344 g/mol. The lowest BCUT2D eigenvalue weighted by molar-refractivity contribution is -0.148. The van der Waals surface area contributed by atoms with Crippen LogP contribution in [0, 0.1) is 11.8 Å². The van der Waals surface area contributed by atoms with Gasteiger partial charge in [-0.3, -0.25) is 14.8 Å². The Morgan fingerprint density at radius 1 is 1.12 bits per heavy atom. The number of aliphatic hydroxyl groups excluding tert-OH is 1. The maximum atomic E-state index is 12.9. The fraction of sp³-hybridized carbons (Fsp3) is 0.474. The molecule has 1 fully saturated rings. The van der Waals surface area contributed by atoms with Gasteiger partial charge in [0.1, 0.15) is 0 Å². The number of carbonyl (C=O) groups is 2. The number of hydrogen-bond donors (Lipinski definition) is 3. The fourth-order valence-corrected chi connectivity index (χ4v) is 3.83. The molecule has 1 aromatic carbocycles. The van der Waals surface area contributed by atoms with E-state index < -0.39 is 23.8 Å². The Labute approximate surface area is 147 Å². The van der Waals surface area contributed by atoms with Gasteiger partial charge < -0.3 is 10.0 Å². The van der Waals surface area contributed by atoms with Gasteiger partial charge >= 0.3 is 0 Å². The molecule has 134 valence electrons. The van der Waals surface area contributed by atoms with Crippen molar-refractivity contribution >= 4 is 17.4 Å². The number of aliphatic hydroxyl groups is 1. The van der Waals surface area contributed by atoms with Crippen molar-refractivity contribution in [1.82, 2.24) is 10.4 Å². The first-order valence-corrected chi connectivity index (χ1v) is 8.75. The Kier molecular flexibility index (Phi) is 5.50. The van der Waals surface area contributed by atoms with Crippen LogP contribution in [0.25, 0.3) is 5.57 Å². The first kappa shape index (κ1) is 17.6. The van der Waals surface area contributed by atoms with Gasteiger partial charge in [-0.15, -0.1) is 0 Å². The molecular formula is C19H24N2O4. The molecule has 3 atom stereocenters. The number of rotatable bonds is 3. The highest BCUT2D eigenvalue weighted by atomic mass is 16.5. The standard InChI is InChI=1S/C19H24N2O4/c22-15-6-7-16(17(12-15)18(23)20-25)19(24)21-10-8-14(9-11-21)13-4-2-1-3-5-13/h1-5,8,15-17,22,25H,6-7,9-12H2,(H,20,23). The molecule has 1 aliphatic heterocycles. The lowest BCUT2D eigenvalue weighted by atomic mass is 9.76. The SMILES string of the molecule is O=C(NO)C1CC(O)CCC1C(=O)N1CC=C(c2ccccc2)CC1. The number of amides is 2. The Morgan fingerprint density at radius 2 is 1.88 bits per heavy atom. The minimum Gasteiger partial charge on any atom is -0.393 e. The molecule has 3 unspecified atom stereocenters. The van der Waals surface area contributed by atoms with E-state index in [2.05, 4.69) is 18.2 Å². The highest BCUT2D eigenvalue weighted by Gasteiger charge is 2.40. The van der Waals surface area contributed by atoms with Crippen molar-refractivity contribution < 1.29 is 19.9 Å². The summed E-state index contributed by atoms with van der Waals surface area (Å²) in [6.07, 6.45) is 3.42. The van der Waals surface area contributed by atoms with Gasteiger partial charge in [0, 0.05) is 19.0 Å². The molecule has 1 saturated carbocycles. The van der Waals surface area contributed by atoms with Crippen LogP contribution in [0.15, 0.2) is 36.4 Å². The molecule has 1 aromatic rings. The van der Waals surface area contributed by atoms with E-state index in [-0.39, 0.29) is 12.3 Å². The van der Waals surface area contributed by atoms with E-state index in [9.17, 15) is 14.7 Å². The minimum atomic E-state index is -0.680. The van der Waals surface area contributed by atoms with Crippen LogP contribution in [-0.4, -0.2) is 46.2 Å². The van der Waals surface area contributed by atoms with Gasteiger partial charge in [0.05, 0.1) is 12.0 Å². The van der Waals surface area contributed by atoms with Crippen molar-refractivity contribution in [2.24, 2.45) is 11.8 Å². The zero-order valence-electron chi connectivity index (χ0n) is 14.1. The zero-order valence-corrected chi connectivity index (χ0v) is 14.1. The zero-order chi connectivity index (χ0) is 17.8. The molecular weight excluding hydrogens is 320 g/mol. The molecule has 0 radical (unpaired) electrons. The summed E-state index contributed by atoms with van der Waals surface area (Å²) in [6.45, 7) is 1.14.